The first kappa shape index (κ1) is 8.87. The minimum Gasteiger partial charge on any atom is -0.397 e. The van der Waals surface area contributed by atoms with Crippen LogP contribution in [-0.4, -0.2) is 12.2 Å². The number of carbonyl (C=O) groups excluding carboxylic acids is 2. The Bertz CT molecular complexity index is 415. The van der Waals surface area contributed by atoms with Crippen LogP contribution in [0, 0.1) is 0 Å². The molecule has 1 aromatic carbocycles. The zero-order valence-corrected chi connectivity index (χ0v) is 6.52. The summed E-state index contributed by atoms with van der Waals surface area (Å²) >= 11 is 0. The summed E-state index contributed by atoms with van der Waals surface area (Å²) in [4.78, 5) is 26.5. The smallest absolute Gasteiger partial charge is 0.240 e. The van der Waals surface area contributed by atoms with E-state index in [-0.39, 0.29) is 5.69 Å². The van der Waals surface area contributed by atoms with Crippen molar-refractivity contribution in [3.8, 4) is 0 Å². The number of nitrogens with zero attached hydrogens (tertiary/aromatic N) is 2. The average molecular weight is 175 g/mol. The molecule has 0 aliphatic rings. The molecule has 0 saturated carbocycles. The van der Waals surface area contributed by atoms with Crippen LogP contribution in [0.25, 0.3) is 0 Å². The Hall–Kier alpha value is -2.22. The summed E-state index contributed by atoms with van der Waals surface area (Å²) in [5.41, 5.74) is 6.37. The topological polar surface area (TPSA) is 84.9 Å². The van der Waals surface area contributed by atoms with Gasteiger partial charge < -0.3 is 5.73 Å². The molecule has 0 spiro atoms. The average Bonchev–Trinajstić information content (AvgIpc) is 2.12. The molecule has 0 aliphatic heterocycles. The van der Waals surface area contributed by atoms with Gasteiger partial charge in [-0.3, -0.25) is 0 Å². The number of hydrogen-bond acceptors (Lipinski definition) is 5. The first-order valence-corrected chi connectivity index (χ1v) is 3.33. The van der Waals surface area contributed by atoms with Crippen molar-refractivity contribution >= 4 is 29.2 Å². The van der Waals surface area contributed by atoms with Crippen LogP contribution in [0.4, 0.5) is 17.1 Å². The first-order chi connectivity index (χ1) is 6.27. The summed E-state index contributed by atoms with van der Waals surface area (Å²) in [5, 5.41) is 0. The minimum atomic E-state index is 0.242. The summed E-state index contributed by atoms with van der Waals surface area (Å²) < 4.78 is 0. The third-order valence-electron chi connectivity index (χ3n) is 1.35. The van der Waals surface area contributed by atoms with Gasteiger partial charge in [0.15, 0.2) is 0 Å². The molecule has 0 saturated heterocycles. The van der Waals surface area contributed by atoms with Gasteiger partial charge in [-0.25, -0.2) is 9.59 Å². The Kier molecular flexibility index (Phi) is 2.71. The minimum absolute atomic E-state index is 0.242. The van der Waals surface area contributed by atoms with E-state index in [4.69, 9.17) is 5.73 Å². The maximum Gasteiger partial charge on any atom is 0.240 e. The zero-order valence-electron chi connectivity index (χ0n) is 6.52. The number of aliphatic imine (C=N–C) groups is 2. The van der Waals surface area contributed by atoms with Gasteiger partial charge in [-0.15, -0.1) is 0 Å². The molecule has 0 unspecified atom stereocenters. The fraction of sp³-hybridized carbons (Fsp3) is 0. The molecule has 0 heterocycles. The van der Waals surface area contributed by atoms with Crippen LogP contribution < -0.4 is 5.73 Å². The quantitative estimate of drug-likeness (QED) is 0.416. The fourth-order valence-corrected chi connectivity index (χ4v) is 0.800. The van der Waals surface area contributed by atoms with Crippen molar-refractivity contribution in [1.29, 1.82) is 0 Å². The van der Waals surface area contributed by atoms with Gasteiger partial charge in [0.05, 0.1) is 11.4 Å². The van der Waals surface area contributed by atoms with E-state index in [1.54, 1.807) is 0 Å². The van der Waals surface area contributed by atoms with E-state index in [0.29, 0.717) is 11.4 Å². The SMILES string of the molecule is Nc1ccc(N=C=O)cc1N=C=O. The Morgan fingerprint density at radius 1 is 1.15 bits per heavy atom. The van der Waals surface area contributed by atoms with Crippen molar-refractivity contribution in [1.82, 2.24) is 0 Å². The molecular formula is C8H5N3O2. The summed E-state index contributed by atoms with van der Waals surface area (Å²) in [6.45, 7) is 0. The van der Waals surface area contributed by atoms with Gasteiger partial charge in [0, 0.05) is 0 Å². The Balaban J connectivity index is 3.25. The monoisotopic (exact) mass is 175 g/mol. The van der Waals surface area contributed by atoms with Crippen molar-refractivity contribution in [2.24, 2.45) is 9.98 Å². The van der Waals surface area contributed by atoms with Crippen molar-refractivity contribution < 1.29 is 9.59 Å². The van der Waals surface area contributed by atoms with Gasteiger partial charge in [0.1, 0.15) is 5.69 Å². The lowest BCUT2D eigenvalue weighted by Crippen LogP contribution is -1.83. The Morgan fingerprint density at radius 2 is 1.85 bits per heavy atom. The molecule has 0 aliphatic carbocycles. The number of rotatable bonds is 2. The first-order valence-electron chi connectivity index (χ1n) is 3.33. The van der Waals surface area contributed by atoms with E-state index in [2.05, 4.69) is 9.98 Å². The summed E-state index contributed by atoms with van der Waals surface area (Å²) in [6.07, 6.45) is 2.72. The van der Waals surface area contributed by atoms with E-state index in [1.807, 2.05) is 0 Å². The van der Waals surface area contributed by atoms with Crippen LogP contribution in [0.5, 0.6) is 0 Å². The zero-order chi connectivity index (χ0) is 9.68. The highest BCUT2D eigenvalue weighted by Crippen LogP contribution is 2.26. The lowest BCUT2D eigenvalue weighted by molar-refractivity contribution is 0.565. The largest absolute Gasteiger partial charge is 0.397 e. The van der Waals surface area contributed by atoms with Crippen LogP contribution in [-0.2, 0) is 9.59 Å². The van der Waals surface area contributed by atoms with Crippen LogP contribution in [0.15, 0.2) is 28.2 Å². The van der Waals surface area contributed by atoms with Crippen LogP contribution in [0.3, 0.4) is 0 Å². The van der Waals surface area contributed by atoms with Crippen molar-refractivity contribution in [2.75, 3.05) is 5.73 Å². The number of isocyanates is 2. The lowest BCUT2D eigenvalue weighted by Gasteiger charge is -1.97. The van der Waals surface area contributed by atoms with E-state index >= 15 is 0 Å². The lowest BCUT2D eigenvalue weighted by atomic mass is 10.2. The normalized spacial score (nSPS) is 8.31. The van der Waals surface area contributed by atoms with Crippen molar-refractivity contribution in [3.05, 3.63) is 18.2 Å². The number of nitrogen functional groups attached to an aromatic ring is 1. The van der Waals surface area contributed by atoms with Crippen LogP contribution in [0.2, 0.25) is 0 Å². The Morgan fingerprint density at radius 3 is 2.46 bits per heavy atom. The molecule has 2 N–H and O–H groups in total. The molecular weight excluding hydrogens is 170 g/mol. The molecule has 1 rings (SSSR count). The highest BCUT2D eigenvalue weighted by Gasteiger charge is 1.98. The number of hydrogen-bond donors (Lipinski definition) is 1. The molecule has 0 aromatic heterocycles. The van der Waals surface area contributed by atoms with E-state index in [1.165, 1.54) is 30.4 Å². The molecule has 0 atom stereocenters. The molecule has 0 radical (unpaired) electrons. The van der Waals surface area contributed by atoms with Gasteiger partial charge in [-0.1, -0.05) is 0 Å². The predicted octanol–water partition coefficient (Wildman–Crippen LogP) is 1.20. The highest BCUT2D eigenvalue weighted by molar-refractivity contribution is 5.70. The fourth-order valence-electron chi connectivity index (χ4n) is 0.800. The van der Waals surface area contributed by atoms with E-state index in [9.17, 15) is 9.59 Å². The molecule has 13 heavy (non-hydrogen) atoms. The molecule has 0 bridgehead atoms. The maximum absolute atomic E-state index is 9.94. The second-order valence-corrected chi connectivity index (χ2v) is 2.15. The second-order valence-electron chi connectivity index (χ2n) is 2.15. The highest BCUT2D eigenvalue weighted by atomic mass is 16.1. The third kappa shape index (κ3) is 2.10. The summed E-state index contributed by atoms with van der Waals surface area (Å²) in [6, 6.07) is 4.40. The van der Waals surface area contributed by atoms with Gasteiger partial charge in [0.25, 0.3) is 0 Å². The number of nitrogens with two attached hydrogens (primary N) is 1. The third-order valence-corrected chi connectivity index (χ3v) is 1.35. The van der Waals surface area contributed by atoms with Crippen LogP contribution >= 0.6 is 0 Å². The van der Waals surface area contributed by atoms with E-state index < -0.39 is 0 Å². The number of anilines is 1. The van der Waals surface area contributed by atoms with E-state index in [0.717, 1.165) is 0 Å². The summed E-state index contributed by atoms with van der Waals surface area (Å²) in [7, 11) is 0. The second kappa shape index (κ2) is 3.97. The van der Waals surface area contributed by atoms with Gasteiger partial charge >= 0.3 is 0 Å². The molecule has 64 valence electrons. The van der Waals surface area contributed by atoms with Gasteiger partial charge in [-0.05, 0) is 18.2 Å². The summed E-state index contributed by atoms with van der Waals surface area (Å²) in [5.74, 6) is 0. The standard InChI is InChI=1S/C8H5N3O2/c9-7-2-1-6(10-4-12)3-8(7)11-5-13/h1-3H,9H2. The van der Waals surface area contributed by atoms with Crippen molar-refractivity contribution in [2.45, 2.75) is 0 Å². The predicted molar refractivity (Wildman–Crippen MR) is 46.4 cm³/mol. The van der Waals surface area contributed by atoms with Crippen molar-refractivity contribution in [3.63, 3.8) is 0 Å². The molecule has 5 nitrogen and oxygen atoms in total. The maximum atomic E-state index is 9.94. The van der Waals surface area contributed by atoms with Crippen LogP contribution in [0.1, 0.15) is 0 Å². The Labute approximate surface area is 73.6 Å². The molecule has 0 fully saturated rings. The number of benzene rings is 1. The molecule has 1 aromatic rings. The molecule has 0 amide bonds. The van der Waals surface area contributed by atoms with Gasteiger partial charge in [0.2, 0.25) is 12.2 Å². The molecule has 5 heteroatoms. The van der Waals surface area contributed by atoms with Gasteiger partial charge in [-0.2, -0.15) is 9.98 Å².